The van der Waals surface area contributed by atoms with Crippen molar-refractivity contribution in [2.45, 2.75) is 21.6 Å². The summed E-state index contributed by atoms with van der Waals surface area (Å²) in [6, 6.07) is 6.20. The van der Waals surface area contributed by atoms with E-state index in [-0.39, 0.29) is 38.1 Å². The van der Waals surface area contributed by atoms with Gasteiger partial charge >= 0.3 is 5.97 Å². The lowest BCUT2D eigenvalue weighted by atomic mass is 9.93. The molecule has 0 heterocycles. The molecular weight excluding hydrogens is 488 g/mol. The van der Waals surface area contributed by atoms with E-state index in [9.17, 15) is 43.7 Å². The second-order valence-electron chi connectivity index (χ2n) is 6.84. The third-order valence-electron chi connectivity index (χ3n) is 4.83. The maximum atomic E-state index is 12.0. The monoisotopic (exact) mass is 500 g/mol. The van der Waals surface area contributed by atoms with Crippen LogP contribution in [-0.2, 0) is 35.1 Å². The molecule has 0 bridgehead atoms. The van der Waals surface area contributed by atoms with Crippen LogP contribution in [0.15, 0.2) is 51.1 Å². The van der Waals surface area contributed by atoms with Gasteiger partial charge in [0.15, 0.2) is 0 Å². The second kappa shape index (κ2) is 6.81. The molecule has 0 amide bonds. The van der Waals surface area contributed by atoms with E-state index in [1.165, 1.54) is 12.1 Å². The molecule has 0 aromatic heterocycles. The summed E-state index contributed by atoms with van der Waals surface area (Å²) in [7, 11) is -14.9. The highest BCUT2D eigenvalue weighted by Gasteiger charge is 2.28. The van der Waals surface area contributed by atoms with Crippen molar-refractivity contribution in [3.05, 3.63) is 36.4 Å². The maximum absolute atomic E-state index is 12.0. The Morgan fingerprint density at radius 1 is 0.656 bits per heavy atom. The van der Waals surface area contributed by atoms with Crippen LogP contribution in [-0.4, -0.2) is 44.9 Å². The fraction of sp³-hybridized carbons (Fsp3) is 0.0556. The van der Waals surface area contributed by atoms with Crippen LogP contribution < -0.4 is 4.74 Å². The van der Waals surface area contributed by atoms with Gasteiger partial charge in [0, 0.05) is 45.3 Å². The first-order valence-electron chi connectivity index (χ1n) is 8.50. The van der Waals surface area contributed by atoms with Crippen LogP contribution in [0.5, 0.6) is 5.75 Å². The van der Waals surface area contributed by atoms with Gasteiger partial charge in [-0.3, -0.25) is 18.5 Å². The average Bonchev–Trinajstić information content (AvgIpc) is 2.63. The molecule has 0 unspecified atom stereocenters. The van der Waals surface area contributed by atoms with Crippen LogP contribution in [0.3, 0.4) is 0 Å². The number of hydrogen-bond acceptors (Lipinski definition) is 8. The molecule has 0 saturated carbocycles. The van der Waals surface area contributed by atoms with Gasteiger partial charge in [-0.15, -0.1) is 0 Å². The zero-order valence-corrected chi connectivity index (χ0v) is 18.2. The maximum Gasteiger partial charge on any atom is 0.308 e. The molecule has 4 aromatic carbocycles. The molecule has 0 spiro atoms. The van der Waals surface area contributed by atoms with Gasteiger partial charge in [-0.2, -0.15) is 25.3 Å². The molecule has 0 aliphatic rings. The molecule has 4 aromatic rings. The lowest BCUT2D eigenvalue weighted by Crippen LogP contribution is -2.08. The highest BCUT2D eigenvalue weighted by Crippen LogP contribution is 2.45. The summed E-state index contributed by atoms with van der Waals surface area (Å²) in [5, 5.41) is -0.716. The van der Waals surface area contributed by atoms with Crippen molar-refractivity contribution < 1.29 is 48.4 Å². The summed E-state index contributed by atoms with van der Waals surface area (Å²) in [6.45, 7) is 1.04. The third-order valence-corrected chi connectivity index (χ3v) is 7.52. The molecule has 3 N–H and O–H groups in total. The van der Waals surface area contributed by atoms with Crippen LogP contribution in [0, 0.1) is 0 Å². The fourth-order valence-electron chi connectivity index (χ4n) is 3.75. The molecular formula is C18H12O11S3. The molecule has 168 valence electrons. The van der Waals surface area contributed by atoms with E-state index in [2.05, 4.69) is 0 Å². The minimum Gasteiger partial charge on any atom is -0.426 e. The van der Waals surface area contributed by atoms with E-state index in [0.717, 1.165) is 25.1 Å². The van der Waals surface area contributed by atoms with Crippen molar-refractivity contribution in [2.75, 3.05) is 0 Å². The molecule has 11 nitrogen and oxygen atoms in total. The predicted octanol–water partition coefficient (Wildman–Crippen LogP) is 2.25. The average molecular weight is 500 g/mol. The molecule has 0 saturated heterocycles. The van der Waals surface area contributed by atoms with Crippen LogP contribution in [0.1, 0.15) is 6.92 Å². The van der Waals surface area contributed by atoms with E-state index in [1.54, 1.807) is 0 Å². The van der Waals surface area contributed by atoms with E-state index >= 15 is 0 Å². The van der Waals surface area contributed by atoms with Crippen molar-refractivity contribution in [1.29, 1.82) is 0 Å². The van der Waals surface area contributed by atoms with Crippen molar-refractivity contribution in [2.24, 2.45) is 0 Å². The largest absolute Gasteiger partial charge is 0.426 e. The highest BCUT2D eigenvalue weighted by atomic mass is 32.2. The topological polar surface area (TPSA) is 189 Å². The number of rotatable bonds is 4. The Hall–Kier alpha value is -2.88. The van der Waals surface area contributed by atoms with Crippen LogP contribution in [0.25, 0.3) is 32.3 Å². The highest BCUT2D eigenvalue weighted by molar-refractivity contribution is 7.87. The normalized spacial score (nSPS) is 13.2. The Bertz CT molecular complexity index is 1730. The van der Waals surface area contributed by atoms with Gasteiger partial charge in [0.1, 0.15) is 20.4 Å². The zero-order chi connectivity index (χ0) is 23.8. The van der Waals surface area contributed by atoms with Gasteiger partial charge in [0.05, 0.1) is 0 Å². The van der Waals surface area contributed by atoms with Crippen molar-refractivity contribution >= 4 is 68.6 Å². The first-order chi connectivity index (χ1) is 14.6. The van der Waals surface area contributed by atoms with Crippen molar-refractivity contribution in [1.82, 2.24) is 0 Å². The van der Waals surface area contributed by atoms with Gasteiger partial charge in [-0.1, -0.05) is 18.2 Å². The van der Waals surface area contributed by atoms with E-state index < -0.39 is 51.0 Å². The quantitative estimate of drug-likeness (QED) is 0.161. The number of ether oxygens (including phenoxy) is 1. The molecule has 14 heteroatoms. The first-order valence-corrected chi connectivity index (χ1v) is 12.8. The molecule has 0 radical (unpaired) electrons. The summed E-state index contributed by atoms with van der Waals surface area (Å²) in [5.74, 6) is -1.14. The van der Waals surface area contributed by atoms with E-state index in [0.29, 0.717) is 6.07 Å². The SMILES string of the molecule is CC(=O)Oc1cc(S(=O)(=O)O)c2ccc3c(S(=O)(=O)O)cc(S(=O)(=O)O)c4ccc1c2c43. The Labute approximate surface area is 180 Å². The number of benzene rings is 4. The molecule has 0 fully saturated rings. The Morgan fingerprint density at radius 3 is 1.38 bits per heavy atom. The molecule has 4 rings (SSSR count). The van der Waals surface area contributed by atoms with Gasteiger partial charge in [0.2, 0.25) is 0 Å². The number of carbonyl (C=O) groups excluding carboxylic acids is 1. The van der Waals surface area contributed by atoms with Gasteiger partial charge < -0.3 is 4.74 Å². The molecule has 0 aliphatic carbocycles. The summed E-state index contributed by atoms with van der Waals surface area (Å²) in [4.78, 5) is 9.13. The number of hydrogen-bond donors (Lipinski definition) is 3. The number of carbonyl (C=O) groups is 1. The predicted molar refractivity (Wildman–Crippen MR) is 111 cm³/mol. The van der Waals surface area contributed by atoms with Crippen molar-refractivity contribution in [3.63, 3.8) is 0 Å². The van der Waals surface area contributed by atoms with Gasteiger partial charge in [0.25, 0.3) is 30.4 Å². The summed E-state index contributed by atoms with van der Waals surface area (Å²) < 4.78 is 106. The minimum atomic E-state index is -5.01. The Balaban J connectivity index is 2.43. The third kappa shape index (κ3) is 3.46. The molecule has 32 heavy (non-hydrogen) atoms. The standard InChI is InChI=1S/C18H12O11S3/c1-8(19)29-13-6-14(30(20,21)22)10-4-5-12-16(32(26,27)28)7-15(31(23,24)25)11-3-2-9(13)17(10)18(11)12/h2-7H,1H3,(H,20,21,22)(H,23,24,25)(H,26,27,28). The van der Waals surface area contributed by atoms with Crippen LogP contribution in [0.2, 0.25) is 0 Å². The van der Waals surface area contributed by atoms with E-state index in [4.69, 9.17) is 4.74 Å². The van der Waals surface area contributed by atoms with Crippen LogP contribution >= 0.6 is 0 Å². The summed E-state index contributed by atoms with van der Waals surface area (Å²) >= 11 is 0. The number of esters is 1. The van der Waals surface area contributed by atoms with Crippen molar-refractivity contribution in [3.8, 4) is 5.75 Å². The van der Waals surface area contributed by atoms with E-state index in [1.807, 2.05) is 0 Å². The Kier molecular flexibility index (Phi) is 4.75. The lowest BCUT2D eigenvalue weighted by molar-refractivity contribution is -0.131. The summed E-state index contributed by atoms with van der Waals surface area (Å²) in [5.41, 5.74) is 0. The second-order valence-corrected chi connectivity index (χ2v) is 11.0. The molecule has 0 aliphatic heterocycles. The van der Waals surface area contributed by atoms with Gasteiger partial charge in [-0.25, -0.2) is 0 Å². The first kappa shape index (κ1) is 22.3. The smallest absolute Gasteiger partial charge is 0.308 e. The Morgan fingerprint density at radius 2 is 1.00 bits per heavy atom. The molecule has 0 atom stereocenters. The summed E-state index contributed by atoms with van der Waals surface area (Å²) in [6.07, 6.45) is 0. The zero-order valence-electron chi connectivity index (χ0n) is 15.8. The van der Waals surface area contributed by atoms with Crippen LogP contribution in [0.4, 0.5) is 0 Å². The minimum absolute atomic E-state index is 0.0782. The van der Waals surface area contributed by atoms with Gasteiger partial charge in [-0.05, 0) is 12.1 Å². The lowest BCUT2D eigenvalue weighted by Gasteiger charge is -2.18. The fourth-order valence-corrected chi connectivity index (χ4v) is 5.95.